The van der Waals surface area contributed by atoms with Crippen LogP contribution in [0.5, 0.6) is 0 Å². The average Bonchev–Trinajstić information content (AvgIpc) is 2.88. The molecule has 2 amide bonds. The van der Waals surface area contributed by atoms with E-state index in [2.05, 4.69) is 5.32 Å². The van der Waals surface area contributed by atoms with Crippen LogP contribution in [-0.2, 0) is 26.2 Å². The Labute approximate surface area is 247 Å². The quantitative estimate of drug-likeness (QED) is 0.298. The molecule has 0 spiro atoms. The normalized spacial score (nSPS) is 12.5. The lowest BCUT2D eigenvalue weighted by atomic mass is 10.1. The molecule has 3 aromatic carbocycles. The van der Waals surface area contributed by atoms with E-state index in [1.165, 1.54) is 17.0 Å². The van der Waals surface area contributed by atoms with Crippen LogP contribution in [0.3, 0.4) is 0 Å². The number of nitrogens with zero attached hydrogens (tertiary/aromatic N) is 2. The molecule has 10 heteroatoms. The molecule has 0 saturated heterocycles. The van der Waals surface area contributed by atoms with Crippen molar-refractivity contribution in [3.05, 3.63) is 94.0 Å². The van der Waals surface area contributed by atoms with Crippen LogP contribution in [0.1, 0.15) is 45.2 Å². The summed E-state index contributed by atoms with van der Waals surface area (Å²) in [4.78, 5) is 28.9. The van der Waals surface area contributed by atoms with E-state index in [1.807, 2.05) is 34.6 Å². The predicted molar refractivity (Wildman–Crippen MR) is 161 cm³/mol. The first kappa shape index (κ1) is 31.5. The summed E-state index contributed by atoms with van der Waals surface area (Å²) in [7, 11) is -4.20. The molecular weight excluding hydrogens is 569 g/mol. The molecule has 1 atom stereocenters. The Bertz CT molecular complexity index is 1440. The van der Waals surface area contributed by atoms with E-state index in [1.54, 1.807) is 60.7 Å². The number of nitrogens with one attached hydrogen (secondary N) is 1. The maximum Gasteiger partial charge on any atom is 0.264 e. The van der Waals surface area contributed by atoms with Gasteiger partial charge >= 0.3 is 0 Å². The lowest BCUT2D eigenvalue weighted by Gasteiger charge is -2.35. The number of benzene rings is 3. The molecule has 0 fully saturated rings. The van der Waals surface area contributed by atoms with Gasteiger partial charge in [-0.25, -0.2) is 8.42 Å². The van der Waals surface area contributed by atoms with E-state index in [9.17, 15) is 18.0 Å². The minimum absolute atomic E-state index is 0.0209. The van der Waals surface area contributed by atoms with Crippen molar-refractivity contribution < 1.29 is 18.0 Å². The van der Waals surface area contributed by atoms with Crippen molar-refractivity contribution in [3.63, 3.8) is 0 Å². The summed E-state index contributed by atoms with van der Waals surface area (Å²) in [6.07, 6.45) is 0.318. The summed E-state index contributed by atoms with van der Waals surface area (Å²) < 4.78 is 28.8. The minimum Gasteiger partial charge on any atom is -0.350 e. The molecule has 0 saturated carbocycles. The van der Waals surface area contributed by atoms with Gasteiger partial charge in [-0.15, -0.1) is 0 Å². The molecule has 0 radical (unpaired) electrons. The first-order chi connectivity index (χ1) is 18.7. The fourth-order valence-electron chi connectivity index (χ4n) is 4.16. The molecule has 214 valence electrons. The summed E-state index contributed by atoms with van der Waals surface area (Å²) in [5, 5.41) is 3.66. The highest BCUT2D eigenvalue weighted by molar-refractivity contribution is 7.92. The van der Waals surface area contributed by atoms with Gasteiger partial charge in [-0.3, -0.25) is 13.9 Å². The Morgan fingerprint density at radius 2 is 1.52 bits per heavy atom. The minimum atomic E-state index is -4.20. The second-order valence-electron chi connectivity index (χ2n) is 10.6. The van der Waals surface area contributed by atoms with Crippen molar-refractivity contribution in [1.82, 2.24) is 10.2 Å². The number of aryl methyl sites for hydroxylation is 1. The maximum absolute atomic E-state index is 14.1. The number of hydrogen-bond acceptors (Lipinski definition) is 4. The highest BCUT2D eigenvalue weighted by Gasteiger charge is 2.35. The van der Waals surface area contributed by atoms with Crippen molar-refractivity contribution in [3.8, 4) is 0 Å². The largest absolute Gasteiger partial charge is 0.350 e. The fourth-order valence-corrected chi connectivity index (χ4v) is 6.01. The molecule has 0 bridgehead atoms. The topological polar surface area (TPSA) is 86.8 Å². The Morgan fingerprint density at radius 3 is 2.08 bits per heavy atom. The SMILES string of the molecule is CC[C@H](C(=O)NC(C)(C)C)N(Cc1ccc(Cl)cc1)C(=O)CN(c1ccccc1Cl)S(=O)(=O)c1ccc(C)cc1. The zero-order chi connectivity index (χ0) is 29.7. The van der Waals surface area contributed by atoms with Gasteiger partial charge in [0.1, 0.15) is 12.6 Å². The first-order valence-corrected chi connectivity index (χ1v) is 15.1. The van der Waals surface area contributed by atoms with Gasteiger partial charge in [0, 0.05) is 17.1 Å². The summed E-state index contributed by atoms with van der Waals surface area (Å²) in [5.41, 5.74) is 1.27. The number of rotatable bonds is 10. The number of carbonyl (C=O) groups is 2. The zero-order valence-electron chi connectivity index (χ0n) is 23.3. The Balaban J connectivity index is 2.08. The Morgan fingerprint density at radius 1 is 0.925 bits per heavy atom. The smallest absolute Gasteiger partial charge is 0.264 e. The molecule has 0 aliphatic heterocycles. The summed E-state index contributed by atoms with van der Waals surface area (Å²) in [6, 6.07) is 18.9. The van der Waals surface area contributed by atoms with Crippen molar-refractivity contribution in [2.24, 2.45) is 0 Å². The van der Waals surface area contributed by atoms with Gasteiger partial charge in [0.05, 0.1) is 15.6 Å². The number of hydrogen-bond donors (Lipinski definition) is 1. The highest BCUT2D eigenvalue weighted by Crippen LogP contribution is 2.31. The Kier molecular flexibility index (Phi) is 10.3. The van der Waals surface area contributed by atoms with E-state index in [0.29, 0.717) is 11.4 Å². The molecule has 3 aromatic rings. The third-order valence-corrected chi connectivity index (χ3v) is 8.50. The van der Waals surface area contributed by atoms with E-state index in [-0.39, 0.29) is 28.1 Å². The maximum atomic E-state index is 14.1. The number of para-hydroxylation sites is 1. The van der Waals surface area contributed by atoms with Crippen molar-refractivity contribution in [1.29, 1.82) is 0 Å². The lowest BCUT2D eigenvalue weighted by Crippen LogP contribution is -2.55. The van der Waals surface area contributed by atoms with E-state index in [0.717, 1.165) is 15.4 Å². The average molecular weight is 605 g/mol. The monoisotopic (exact) mass is 603 g/mol. The van der Waals surface area contributed by atoms with Gasteiger partial charge in [0.25, 0.3) is 10.0 Å². The molecule has 3 rings (SSSR count). The van der Waals surface area contributed by atoms with Gasteiger partial charge in [0.2, 0.25) is 11.8 Å². The van der Waals surface area contributed by atoms with Crippen LogP contribution in [0.4, 0.5) is 5.69 Å². The number of amides is 2. The second-order valence-corrected chi connectivity index (χ2v) is 13.3. The lowest BCUT2D eigenvalue weighted by molar-refractivity contribution is -0.141. The van der Waals surface area contributed by atoms with Crippen molar-refractivity contribution >= 4 is 50.7 Å². The molecule has 40 heavy (non-hydrogen) atoms. The van der Waals surface area contributed by atoms with Crippen LogP contribution >= 0.6 is 23.2 Å². The summed E-state index contributed by atoms with van der Waals surface area (Å²) in [5.74, 6) is -0.885. The third-order valence-electron chi connectivity index (χ3n) is 6.16. The molecule has 1 N–H and O–H groups in total. The molecule has 0 aliphatic carbocycles. The van der Waals surface area contributed by atoms with Gasteiger partial charge in [-0.1, -0.05) is 72.1 Å². The van der Waals surface area contributed by atoms with Crippen LogP contribution in [-0.4, -0.2) is 43.3 Å². The van der Waals surface area contributed by atoms with Crippen LogP contribution in [0, 0.1) is 6.92 Å². The standard InChI is InChI=1S/C30H35Cl2N3O4S/c1-6-26(29(37)33-30(3,4)5)34(19-22-13-15-23(31)16-14-22)28(36)20-35(27-10-8-7-9-25(27)32)40(38,39)24-17-11-21(2)12-18-24/h7-18,26H,6,19-20H2,1-5H3,(H,33,37)/t26-/m1/s1. The van der Waals surface area contributed by atoms with Crippen LogP contribution in [0.15, 0.2) is 77.7 Å². The van der Waals surface area contributed by atoms with Crippen LogP contribution < -0.4 is 9.62 Å². The van der Waals surface area contributed by atoms with E-state index in [4.69, 9.17) is 23.2 Å². The van der Waals surface area contributed by atoms with Crippen molar-refractivity contribution in [2.45, 2.75) is 64.1 Å². The number of carbonyl (C=O) groups excluding carboxylic acids is 2. The van der Waals surface area contributed by atoms with E-state index >= 15 is 0 Å². The number of sulfonamides is 1. The molecule has 0 aromatic heterocycles. The zero-order valence-corrected chi connectivity index (χ0v) is 25.6. The van der Waals surface area contributed by atoms with Crippen LogP contribution in [0.25, 0.3) is 0 Å². The van der Waals surface area contributed by atoms with Crippen LogP contribution in [0.2, 0.25) is 10.0 Å². The molecule has 0 unspecified atom stereocenters. The number of halogens is 2. The fraction of sp³-hybridized carbons (Fsp3) is 0.333. The summed E-state index contributed by atoms with van der Waals surface area (Å²) >= 11 is 12.5. The first-order valence-electron chi connectivity index (χ1n) is 12.9. The molecule has 0 heterocycles. The molecular formula is C30H35Cl2N3O4S. The van der Waals surface area contributed by atoms with Gasteiger partial charge in [-0.2, -0.15) is 0 Å². The summed E-state index contributed by atoms with van der Waals surface area (Å²) in [6.45, 7) is 8.75. The predicted octanol–water partition coefficient (Wildman–Crippen LogP) is 6.22. The number of anilines is 1. The van der Waals surface area contributed by atoms with E-state index < -0.39 is 34.1 Å². The second kappa shape index (κ2) is 13.1. The van der Waals surface area contributed by atoms with Gasteiger partial charge < -0.3 is 10.2 Å². The molecule has 0 aliphatic rings. The van der Waals surface area contributed by atoms with Crippen molar-refractivity contribution in [2.75, 3.05) is 10.8 Å². The third kappa shape index (κ3) is 7.99. The Hall–Kier alpha value is -3.07. The molecule has 7 nitrogen and oxygen atoms in total. The van der Waals surface area contributed by atoms with Gasteiger partial charge in [0.15, 0.2) is 0 Å². The highest BCUT2D eigenvalue weighted by atomic mass is 35.5. The van der Waals surface area contributed by atoms with Gasteiger partial charge in [-0.05, 0) is 76.1 Å².